The average molecular weight is 175 g/mol. The fourth-order valence-electron chi connectivity index (χ4n) is 1.76. The Balaban J connectivity index is 2.38. The maximum Gasteiger partial charge on any atom is 0.0388 e. The van der Waals surface area contributed by atoms with Crippen LogP contribution in [0.1, 0.15) is 5.56 Å². The molecule has 0 spiro atoms. The number of hydrogen-bond acceptors (Lipinski definition) is 2. The van der Waals surface area contributed by atoms with Gasteiger partial charge in [-0.25, -0.2) is 0 Å². The highest BCUT2D eigenvalue weighted by Crippen LogP contribution is 2.30. The summed E-state index contributed by atoms with van der Waals surface area (Å²) in [5, 5.41) is 6.93. The van der Waals surface area contributed by atoms with Crippen LogP contribution in [-0.2, 0) is 6.42 Å². The van der Waals surface area contributed by atoms with E-state index >= 15 is 0 Å². The summed E-state index contributed by atoms with van der Waals surface area (Å²) in [6, 6.07) is 6.77. The zero-order valence-corrected chi connectivity index (χ0v) is 7.45. The van der Waals surface area contributed by atoms with Crippen LogP contribution in [0.15, 0.2) is 23.6 Å². The highest BCUT2D eigenvalue weighted by molar-refractivity contribution is 7.17. The summed E-state index contributed by atoms with van der Waals surface area (Å²) in [7, 11) is 0. The van der Waals surface area contributed by atoms with E-state index in [1.54, 1.807) is 0 Å². The van der Waals surface area contributed by atoms with E-state index in [0.717, 1.165) is 6.54 Å². The molecule has 2 heterocycles. The first-order chi connectivity index (χ1) is 5.93. The van der Waals surface area contributed by atoms with Crippen LogP contribution >= 0.6 is 11.3 Å². The van der Waals surface area contributed by atoms with E-state index in [-0.39, 0.29) is 0 Å². The molecule has 0 amide bonds. The molecule has 1 aromatic carbocycles. The van der Waals surface area contributed by atoms with E-state index in [4.69, 9.17) is 0 Å². The van der Waals surface area contributed by atoms with Gasteiger partial charge in [0.15, 0.2) is 0 Å². The number of benzene rings is 1. The van der Waals surface area contributed by atoms with Crippen LogP contribution in [0.2, 0.25) is 0 Å². The Hall–Kier alpha value is -1.02. The lowest BCUT2D eigenvalue weighted by atomic mass is 10.1. The second-order valence-corrected chi connectivity index (χ2v) is 4.09. The minimum Gasteiger partial charge on any atom is -0.384 e. The molecule has 60 valence electrons. The Labute approximate surface area is 75.0 Å². The normalized spacial score (nSPS) is 14.7. The lowest BCUT2D eigenvalue weighted by molar-refractivity contribution is 1.11. The van der Waals surface area contributed by atoms with E-state index in [0.29, 0.717) is 0 Å². The molecular weight excluding hydrogens is 166 g/mol. The third-order valence-electron chi connectivity index (χ3n) is 2.39. The topological polar surface area (TPSA) is 12.0 Å². The van der Waals surface area contributed by atoms with Gasteiger partial charge in [0.2, 0.25) is 0 Å². The number of rotatable bonds is 0. The molecule has 0 saturated carbocycles. The first kappa shape index (κ1) is 6.49. The lowest BCUT2D eigenvalue weighted by Crippen LogP contribution is -1.90. The van der Waals surface area contributed by atoms with E-state index in [2.05, 4.69) is 28.9 Å². The monoisotopic (exact) mass is 175 g/mol. The average Bonchev–Trinajstić information content (AvgIpc) is 2.64. The van der Waals surface area contributed by atoms with Gasteiger partial charge in [-0.3, -0.25) is 0 Å². The predicted octanol–water partition coefficient (Wildman–Crippen LogP) is 2.87. The number of hydrogen-bond donors (Lipinski definition) is 1. The van der Waals surface area contributed by atoms with Crippen LogP contribution < -0.4 is 5.32 Å². The second-order valence-electron chi connectivity index (χ2n) is 3.14. The van der Waals surface area contributed by atoms with Crippen molar-refractivity contribution in [2.24, 2.45) is 0 Å². The van der Waals surface area contributed by atoms with Gasteiger partial charge >= 0.3 is 0 Å². The van der Waals surface area contributed by atoms with Crippen LogP contribution in [0, 0.1) is 0 Å². The quantitative estimate of drug-likeness (QED) is 0.649. The summed E-state index contributed by atoms with van der Waals surface area (Å²) in [6.45, 7) is 1.10. The molecule has 2 heteroatoms. The van der Waals surface area contributed by atoms with Crippen molar-refractivity contribution in [1.29, 1.82) is 0 Å². The lowest BCUT2D eigenvalue weighted by Gasteiger charge is -1.98. The molecule has 3 rings (SSSR count). The van der Waals surface area contributed by atoms with Gasteiger partial charge in [-0.1, -0.05) is 0 Å². The van der Waals surface area contributed by atoms with Gasteiger partial charge in [-0.2, -0.15) is 0 Å². The van der Waals surface area contributed by atoms with Crippen molar-refractivity contribution in [2.45, 2.75) is 6.42 Å². The number of anilines is 1. The number of nitrogens with one attached hydrogen (secondary N) is 1. The number of fused-ring (bicyclic) bond motifs is 2. The van der Waals surface area contributed by atoms with Crippen molar-refractivity contribution in [3.63, 3.8) is 0 Å². The van der Waals surface area contributed by atoms with Gasteiger partial charge in [-0.15, -0.1) is 11.3 Å². The summed E-state index contributed by atoms with van der Waals surface area (Å²) in [5.74, 6) is 0. The molecule has 1 nitrogen and oxygen atoms in total. The molecule has 0 aliphatic carbocycles. The molecule has 0 radical (unpaired) electrons. The van der Waals surface area contributed by atoms with Crippen LogP contribution in [0.5, 0.6) is 0 Å². The van der Waals surface area contributed by atoms with Crippen molar-refractivity contribution < 1.29 is 0 Å². The minimum absolute atomic E-state index is 1.10. The first-order valence-electron chi connectivity index (χ1n) is 4.17. The summed E-state index contributed by atoms with van der Waals surface area (Å²) < 4.78 is 1.39. The fraction of sp³-hybridized carbons (Fsp3) is 0.200. The molecular formula is C10H9NS. The molecule has 1 N–H and O–H groups in total. The third-order valence-corrected chi connectivity index (χ3v) is 3.27. The van der Waals surface area contributed by atoms with Crippen LogP contribution in [-0.4, -0.2) is 6.54 Å². The molecule has 0 saturated heterocycles. The standard InChI is InChI=1S/C10H9NS/c1-3-11-9-6-10-8(2-4-12-10)5-7(1)9/h2,4-6,11H,1,3H2. The smallest absolute Gasteiger partial charge is 0.0388 e. The first-order valence-corrected chi connectivity index (χ1v) is 5.05. The molecule has 1 aliphatic rings. The maximum absolute atomic E-state index is 3.39. The Morgan fingerprint density at radius 2 is 2.33 bits per heavy atom. The molecule has 0 fully saturated rings. The van der Waals surface area contributed by atoms with E-state index in [1.807, 2.05) is 11.3 Å². The minimum atomic E-state index is 1.10. The number of thiophene rings is 1. The highest BCUT2D eigenvalue weighted by atomic mass is 32.1. The SMILES string of the molecule is c1cc2cc3c(cc2s1)NCC3. The predicted molar refractivity (Wildman–Crippen MR) is 54.0 cm³/mol. The van der Waals surface area contributed by atoms with E-state index < -0.39 is 0 Å². The Morgan fingerprint density at radius 1 is 1.33 bits per heavy atom. The largest absolute Gasteiger partial charge is 0.384 e. The van der Waals surface area contributed by atoms with E-state index in [1.165, 1.54) is 27.8 Å². The van der Waals surface area contributed by atoms with Gasteiger partial charge < -0.3 is 5.32 Å². The Morgan fingerprint density at radius 3 is 3.33 bits per heavy atom. The van der Waals surface area contributed by atoms with Crippen molar-refractivity contribution in [3.05, 3.63) is 29.1 Å². The summed E-state index contributed by atoms with van der Waals surface area (Å²) in [6.07, 6.45) is 1.18. The van der Waals surface area contributed by atoms with Crippen molar-refractivity contribution >= 4 is 27.1 Å². The Bertz CT molecular complexity index is 392. The summed E-state index contributed by atoms with van der Waals surface area (Å²) in [4.78, 5) is 0. The van der Waals surface area contributed by atoms with Crippen LogP contribution in [0.4, 0.5) is 5.69 Å². The van der Waals surface area contributed by atoms with Crippen LogP contribution in [0.3, 0.4) is 0 Å². The fourth-order valence-corrected chi connectivity index (χ4v) is 2.57. The highest BCUT2D eigenvalue weighted by Gasteiger charge is 2.10. The van der Waals surface area contributed by atoms with Crippen molar-refractivity contribution in [1.82, 2.24) is 0 Å². The van der Waals surface area contributed by atoms with Gasteiger partial charge in [-0.05, 0) is 40.9 Å². The molecule has 0 unspecified atom stereocenters. The zero-order chi connectivity index (χ0) is 7.97. The van der Waals surface area contributed by atoms with Gasteiger partial charge in [0, 0.05) is 16.9 Å². The Kier molecular flexibility index (Phi) is 1.21. The molecule has 12 heavy (non-hydrogen) atoms. The van der Waals surface area contributed by atoms with Crippen molar-refractivity contribution in [3.8, 4) is 0 Å². The molecule has 2 aromatic rings. The zero-order valence-electron chi connectivity index (χ0n) is 6.63. The van der Waals surface area contributed by atoms with Gasteiger partial charge in [0.05, 0.1) is 0 Å². The second kappa shape index (κ2) is 2.23. The summed E-state index contributed by atoms with van der Waals surface area (Å²) in [5.41, 5.74) is 2.81. The van der Waals surface area contributed by atoms with Gasteiger partial charge in [0.1, 0.15) is 0 Å². The molecule has 1 aromatic heterocycles. The maximum atomic E-state index is 3.39. The van der Waals surface area contributed by atoms with Gasteiger partial charge in [0.25, 0.3) is 0 Å². The van der Waals surface area contributed by atoms with Crippen molar-refractivity contribution in [2.75, 3.05) is 11.9 Å². The summed E-state index contributed by atoms with van der Waals surface area (Å²) >= 11 is 1.81. The third kappa shape index (κ3) is 0.786. The van der Waals surface area contributed by atoms with E-state index in [9.17, 15) is 0 Å². The molecule has 0 atom stereocenters. The molecule has 0 bridgehead atoms. The molecule has 1 aliphatic heterocycles. The van der Waals surface area contributed by atoms with Crippen LogP contribution in [0.25, 0.3) is 10.1 Å².